The Morgan fingerprint density at radius 2 is 2.44 bits per heavy atom. The number of carbonyl (C=O) groups excluding carboxylic acids is 1. The summed E-state index contributed by atoms with van der Waals surface area (Å²) in [4.78, 5) is 10.1. The molecule has 1 saturated heterocycles. The molecule has 0 amide bonds. The van der Waals surface area contributed by atoms with Crippen LogP contribution in [0.15, 0.2) is 0 Å². The molecule has 0 bridgehead atoms. The molecule has 9 heavy (non-hydrogen) atoms. The van der Waals surface area contributed by atoms with Gasteiger partial charge in [-0.25, -0.2) is 0 Å². The van der Waals surface area contributed by atoms with Crippen molar-refractivity contribution in [2.75, 3.05) is 6.54 Å². The fourth-order valence-electron chi connectivity index (χ4n) is 0.897. The highest BCUT2D eigenvalue weighted by molar-refractivity contribution is 5.71. The average Bonchev–Trinajstić information content (AvgIpc) is 2.14. The molecule has 1 heterocycles. The molecule has 4 nitrogen and oxygen atoms in total. The van der Waals surface area contributed by atoms with Gasteiger partial charge in [0.1, 0.15) is 0 Å². The van der Waals surface area contributed by atoms with Gasteiger partial charge in [0.05, 0.1) is 12.1 Å². The van der Waals surface area contributed by atoms with Crippen LogP contribution in [-0.4, -0.2) is 29.8 Å². The Bertz CT molecular complexity index is 125. The Labute approximate surface area is 52.5 Å². The Morgan fingerprint density at radius 1 is 1.78 bits per heavy atom. The zero-order valence-electron chi connectivity index (χ0n) is 4.83. The zero-order chi connectivity index (χ0) is 6.85. The maximum Gasteiger partial charge on any atom is 0.0683 e. The van der Waals surface area contributed by atoms with Crippen molar-refractivity contribution in [1.29, 1.82) is 0 Å². The first-order chi connectivity index (χ1) is 4.20. The lowest BCUT2D eigenvalue weighted by Crippen LogP contribution is -2.41. The summed E-state index contributed by atoms with van der Waals surface area (Å²) in [5.41, 5.74) is 0. The number of nitrogens with one attached hydrogen (secondary N) is 1. The fraction of sp³-hybridized carbons (Fsp3) is 0.800. The van der Waals surface area contributed by atoms with Gasteiger partial charge in [-0.2, -0.15) is 0 Å². The number of aliphatic hydroxyl groups is 1. The third kappa shape index (κ3) is 1.40. The van der Waals surface area contributed by atoms with Gasteiger partial charge in [-0.3, -0.25) is 0 Å². The van der Waals surface area contributed by atoms with Crippen LogP contribution in [0.3, 0.4) is 0 Å². The van der Waals surface area contributed by atoms with E-state index in [-0.39, 0.29) is 6.42 Å². The molecule has 2 N–H and O–H groups in total. The SMILES string of the molecule is O=C([O-])[C@@H]1CC(O)CN1. The van der Waals surface area contributed by atoms with Gasteiger partial charge in [-0.1, -0.05) is 0 Å². The number of carboxylic acid groups (broad SMARTS) is 1. The minimum atomic E-state index is -1.13. The van der Waals surface area contributed by atoms with E-state index in [0.29, 0.717) is 6.54 Å². The van der Waals surface area contributed by atoms with Crippen LogP contribution >= 0.6 is 0 Å². The highest BCUT2D eigenvalue weighted by atomic mass is 16.4. The monoisotopic (exact) mass is 130 g/mol. The van der Waals surface area contributed by atoms with E-state index >= 15 is 0 Å². The van der Waals surface area contributed by atoms with E-state index in [2.05, 4.69) is 5.32 Å². The largest absolute Gasteiger partial charge is 0.548 e. The minimum Gasteiger partial charge on any atom is -0.548 e. The quantitative estimate of drug-likeness (QED) is 0.410. The molecule has 0 aliphatic carbocycles. The normalized spacial score (nSPS) is 34.8. The van der Waals surface area contributed by atoms with Crippen molar-refractivity contribution in [1.82, 2.24) is 5.32 Å². The van der Waals surface area contributed by atoms with Crippen LogP contribution in [0.2, 0.25) is 0 Å². The van der Waals surface area contributed by atoms with Crippen molar-refractivity contribution in [3.63, 3.8) is 0 Å². The highest BCUT2D eigenvalue weighted by Crippen LogP contribution is 2.04. The van der Waals surface area contributed by atoms with Crippen LogP contribution in [0.25, 0.3) is 0 Å². The van der Waals surface area contributed by atoms with Crippen LogP contribution in [0.1, 0.15) is 6.42 Å². The molecular formula is C5H8NO3-. The first-order valence-electron chi connectivity index (χ1n) is 2.82. The molecule has 4 heteroatoms. The van der Waals surface area contributed by atoms with E-state index in [1.165, 1.54) is 0 Å². The van der Waals surface area contributed by atoms with Crippen LogP contribution in [0.5, 0.6) is 0 Å². The summed E-state index contributed by atoms with van der Waals surface area (Å²) < 4.78 is 0. The number of carbonyl (C=O) groups is 1. The Morgan fingerprint density at radius 3 is 2.67 bits per heavy atom. The number of aliphatic carboxylic acids is 1. The maximum atomic E-state index is 10.1. The molecule has 1 aliphatic rings. The summed E-state index contributed by atoms with van der Waals surface area (Å²) in [6, 6.07) is -0.653. The summed E-state index contributed by atoms with van der Waals surface area (Å²) in [5.74, 6) is -1.13. The molecule has 0 spiro atoms. The number of hydrogen-bond acceptors (Lipinski definition) is 4. The molecule has 1 fully saturated rings. The smallest absolute Gasteiger partial charge is 0.0683 e. The fourth-order valence-corrected chi connectivity index (χ4v) is 0.897. The maximum absolute atomic E-state index is 10.1. The lowest BCUT2D eigenvalue weighted by molar-refractivity contribution is -0.308. The predicted molar refractivity (Wildman–Crippen MR) is 27.4 cm³/mol. The van der Waals surface area contributed by atoms with Crippen molar-refractivity contribution in [2.45, 2.75) is 18.6 Å². The Hall–Kier alpha value is -0.610. The molecule has 1 rings (SSSR count). The summed E-state index contributed by atoms with van der Waals surface area (Å²) in [7, 11) is 0. The molecule has 0 saturated carbocycles. The Balaban J connectivity index is 2.39. The van der Waals surface area contributed by atoms with Crippen molar-refractivity contribution < 1.29 is 15.0 Å². The second-order valence-corrected chi connectivity index (χ2v) is 2.17. The van der Waals surface area contributed by atoms with Gasteiger partial charge in [0.15, 0.2) is 0 Å². The van der Waals surface area contributed by atoms with Crippen molar-refractivity contribution in [3.05, 3.63) is 0 Å². The topological polar surface area (TPSA) is 72.4 Å². The van der Waals surface area contributed by atoms with Gasteiger partial charge in [0.25, 0.3) is 0 Å². The highest BCUT2D eigenvalue weighted by Gasteiger charge is 2.22. The number of rotatable bonds is 1. The molecular weight excluding hydrogens is 122 g/mol. The van der Waals surface area contributed by atoms with Crippen LogP contribution in [-0.2, 0) is 4.79 Å². The van der Waals surface area contributed by atoms with Gasteiger partial charge >= 0.3 is 0 Å². The predicted octanol–water partition coefficient (Wildman–Crippen LogP) is -2.54. The van der Waals surface area contributed by atoms with Crippen LogP contribution in [0, 0.1) is 0 Å². The molecule has 0 aromatic rings. The molecule has 1 unspecified atom stereocenters. The molecule has 2 atom stereocenters. The molecule has 0 aromatic carbocycles. The van der Waals surface area contributed by atoms with E-state index < -0.39 is 18.1 Å². The Kier molecular flexibility index (Phi) is 1.68. The lowest BCUT2D eigenvalue weighted by atomic mass is 10.2. The second-order valence-electron chi connectivity index (χ2n) is 2.17. The molecule has 0 radical (unpaired) electrons. The lowest BCUT2D eigenvalue weighted by Gasteiger charge is -2.08. The number of β-amino-alcohol motifs (C(OH)–C–C–N with tert-alkyl or cyclic N) is 1. The standard InChI is InChI=1S/C5H9NO3/c7-3-1-4(5(8)9)6-2-3/h3-4,6-7H,1-2H2,(H,8,9)/p-1/t3?,4-/m0/s1. The van der Waals surface area contributed by atoms with E-state index in [1.807, 2.05) is 0 Å². The first-order valence-corrected chi connectivity index (χ1v) is 2.82. The number of aliphatic hydroxyl groups excluding tert-OH is 1. The molecule has 1 aliphatic heterocycles. The van der Waals surface area contributed by atoms with Gasteiger partial charge < -0.3 is 20.3 Å². The van der Waals surface area contributed by atoms with Gasteiger partial charge in [-0.15, -0.1) is 0 Å². The van der Waals surface area contributed by atoms with Gasteiger partial charge in [0.2, 0.25) is 0 Å². The van der Waals surface area contributed by atoms with Crippen molar-refractivity contribution >= 4 is 5.97 Å². The van der Waals surface area contributed by atoms with Crippen LogP contribution in [0.4, 0.5) is 0 Å². The van der Waals surface area contributed by atoms with E-state index in [0.717, 1.165) is 0 Å². The van der Waals surface area contributed by atoms with E-state index in [1.54, 1.807) is 0 Å². The van der Waals surface area contributed by atoms with E-state index in [4.69, 9.17) is 5.11 Å². The van der Waals surface area contributed by atoms with Gasteiger partial charge in [-0.05, 0) is 6.42 Å². The third-order valence-corrected chi connectivity index (χ3v) is 1.39. The summed E-state index contributed by atoms with van der Waals surface area (Å²) >= 11 is 0. The van der Waals surface area contributed by atoms with Crippen LogP contribution < -0.4 is 10.4 Å². The second kappa shape index (κ2) is 2.33. The summed E-state index contributed by atoms with van der Waals surface area (Å²) in [6.07, 6.45) is -0.254. The first kappa shape index (κ1) is 6.51. The number of hydrogen-bond donors (Lipinski definition) is 2. The summed E-state index contributed by atoms with van der Waals surface area (Å²) in [5, 5.41) is 21.5. The van der Waals surface area contributed by atoms with Gasteiger partial charge in [0, 0.05) is 12.6 Å². The third-order valence-electron chi connectivity index (χ3n) is 1.39. The van der Waals surface area contributed by atoms with Crippen molar-refractivity contribution in [2.24, 2.45) is 0 Å². The van der Waals surface area contributed by atoms with Crippen molar-refractivity contribution in [3.8, 4) is 0 Å². The minimum absolute atomic E-state index is 0.266. The average molecular weight is 130 g/mol. The van der Waals surface area contributed by atoms with E-state index in [9.17, 15) is 9.90 Å². The zero-order valence-corrected chi connectivity index (χ0v) is 4.83. The molecule has 52 valence electrons. The summed E-state index contributed by atoms with van der Waals surface area (Å²) in [6.45, 7) is 0.360. The number of carboxylic acids is 1. The molecule has 0 aromatic heterocycles.